The molecule has 38 heteroatoms. The highest BCUT2D eigenvalue weighted by atomic mass is 35.5. The van der Waals surface area contributed by atoms with Gasteiger partial charge in [0.05, 0.1) is 155 Å². The van der Waals surface area contributed by atoms with Crippen LogP contribution >= 0.6 is 0 Å². The molecule has 16 unspecified atom stereocenters. The summed E-state index contributed by atoms with van der Waals surface area (Å²) in [4.78, 5) is 119. The Kier molecular flexibility index (Phi) is 81.5. The third-order valence-corrected chi connectivity index (χ3v) is 21.1. The molecule has 4 aliphatic heterocycles. The number of rotatable bonds is 47. The van der Waals surface area contributed by atoms with E-state index in [9.17, 15) is 73.5 Å². The molecule has 0 aromatic heterocycles. The number of aliphatic carboxylic acids is 3. The third kappa shape index (κ3) is 65.8. The van der Waals surface area contributed by atoms with Crippen molar-refractivity contribution in [3.05, 3.63) is 0 Å². The molecule has 0 aromatic carbocycles. The zero-order valence-electron chi connectivity index (χ0n) is 81.1. The molecule has 0 aromatic rings. The Hall–Kier alpha value is -4.38. The number of nitrogens with one attached hydrogen (secondary N) is 5. The minimum atomic E-state index is -1.03. The molecule has 34 nitrogen and oxygen atoms in total. The number of quaternary nitrogens is 4. The van der Waals surface area contributed by atoms with Crippen molar-refractivity contribution in [1.82, 2.24) is 36.4 Å². The molecule has 736 valence electrons. The predicted octanol–water partition coefficient (Wildman–Crippen LogP) is -9.86. The number of aliphatic hydroxyl groups is 3. The molecular weight excluding hydrogens is 1680 g/mol. The normalized spacial score (nSPS) is 19.2. The van der Waals surface area contributed by atoms with Crippen LogP contribution < -0.4 is 93.0 Å². The van der Waals surface area contributed by atoms with Gasteiger partial charge in [-0.25, -0.2) is 0 Å². The number of carboxylic acids is 3. The molecule has 0 bridgehead atoms. The lowest BCUT2D eigenvalue weighted by atomic mass is 9.70. The molecule has 4 heterocycles. The van der Waals surface area contributed by atoms with Crippen LogP contribution in [0.25, 0.3) is 0 Å². The van der Waals surface area contributed by atoms with Gasteiger partial charge in [-0.2, -0.15) is 0 Å². The van der Waals surface area contributed by atoms with Crippen molar-refractivity contribution in [2.45, 2.75) is 179 Å². The van der Waals surface area contributed by atoms with Crippen LogP contribution in [0.5, 0.6) is 0 Å². The van der Waals surface area contributed by atoms with Crippen LogP contribution in [0.15, 0.2) is 0 Å². The summed E-state index contributed by atoms with van der Waals surface area (Å²) >= 11 is 0. The van der Waals surface area contributed by atoms with Gasteiger partial charge in [-0.15, -0.1) is 0 Å². The SMILES string of the molecule is CCC(C)(C)C(C(=O)NCCCNC)C(C)C(=O)O.CCC(C)(C)C1C(=O)OC(=O)C1C.CCC(CO)C(C(=O)NCCCNC)C(C)C(=O)O.CCC(CO)C(C(=O)NCCC[NH2+]CCC(O)C[N+](C)(C)C)C(C)C(=O)O.CCC(OC)C1C(=O)OC(=O)C1C.CN(C)CCN.CN(C)CCN.C[N+](C)(C)CC1CO1.C[N+](C)(C)CC1CO1.[Cl-].[Cl-].[Cl-].[Cl-]. The zero-order valence-corrected chi connectivity index (χ0v) is 84.1. The van der Waals surface area contributed by atoms with Crippen LogP contribution in [-0.2, 0) is 71.6 Å². The van der Waals surface area contributed by atoms with Gasteiger partial charge in [-0.05, 0) is 97.3 Å². The molecule has 0 radical (unpaired) electrons. The molecule has 4 aliphatic rings. The minimum absolute atomic E-state index is 0. The van der Waals surface area contributed by atoms with Gasteiger partial charge in [0.2, 0.25) is 17.7 Å². The van der Waals surface area contributed by atoms with Gasteiger partial charge < -0.3 is 171 Å². The van der Waals surface area contributed by atoms with Crippen molar-refractivity contribution in [3.63, 3.8) is 0 Å². The van der Waals surface area contributed by atoms with Gasteiger partial charge in [0.25, 0.3) is 0 Å². The minimum Gasteiger partial charge on any atom is -1.00 e. The van der Waals surface area contributed by atoms with Crippen LogP contribution in [0.3, 0.4) is 0 Å². The average Bonchev–Trinajstić information content (AvgIpc) is 1.63. The molecule has 3 amide bonds. The van der Waals surface area contributed by atoms with E-state index in [0.717, 1.165) is 137 Å². The standard InChI is InChI=1S/C19H39N3O5.C14H28N2O3.C13H26N2O4.C10H16O3.C9H14O4.2C6H14NO.2C4H12N2.4ClH/c1-6-15(13-23)17(14(2)19(26)27)18(25)21-10-7-9-20-11-8-16(24)12-22(3,4)5;1-6-14(3,4)11(10(2)13(18)19)12(17)16-9-7-8-15-5;1-4-10(8-16)11(9(2)13(18)19)12(17)15-7-5-6-14-3;1-5-10(3,4)7-6(2)8(11)13-9(7)12;1-4-6(12-3)7-5(2)8(10)13-9(7)11;2*1-7(2,3)4-6-5-8-6;2*1-6(2)4-3-5;;;;/h14-17,20,23-24H,6-13H2,1-5H3,(H-,21,25,26,27);10-11,15H,6-9H2,1-5H3,(H,16,17)(H,18,19);9-11,14,16H,4-8H2,1-3H3,(H,15,17)(H,18,19);6-7H,5H2,1-4H3;5-7H,4H2,1-3H3;2*6H,4-5H2,1-3H3;2*3-5H2,1-2H3;4*1H/q;;;;;2*+1;;;;;;/p-2. The van der Waals surface area contributed by atoms with Crippen molar-refractivity contribution >= 4 is 59.5 Å². The van der Waals surface area contributed by atoms with Gasteiger partial charge >= 0.3 is 41.8 Å². The number of nitrogens with zero attached hydrogens (tertiary/aromatic N) is 5. The maximum absolute atomic E-state index is 12.4. The largest absolute Gasteiger partial charge is 1.00 e. The van der Waals surface area contributed by atoms with Crippen molar-refractivity contribution in [3.8, 4) is 0 Å². The summed E-state index contributed by atoms with van der Waals surface area (Å²) < 4.78 is 27.1. The Balaban J connectivity index is -0.000000176. The third-order valence-electron chi connectivity index (χ3n) is 21.1. The number of carbonyl (C=O) groups is 10. The molecule has 16 atom stereocenters. The Bertz CT molecular complexity index is 2760. The van der Waals surface area contributed by atoms with Crippen molar-refractivity contribution in [2.24, 2.45) is 93.3 Å². The maximum Gasteiger partial charge on any atom is 0.320 e. The van der Waals surface area contributed by atoms with Gasteiger partial charge in [0.15, 0.2) is 0 Å². The van der Waals surface area contributed by atoms with Crippen LogP contribution in [0.1, 0.15) is 155 Å². The second-order valence-corrected chi connectivity index (χ2v) is 36.5. The first-order valence-corrected chi connectivity index (χ1v) is 42.9. The fourth-order valence-electron chi connectivity index (χ4n) is 13.1. The molecule has 0 saturated carbocycles. The lowest BCUT2D eigenvalue weighted by molar-refractivity contribution is -0.873. The predicted molar refractivity (Wildman–Crippen MR) is 466 cm³/mol. The first-order chi connectivity index (χ1) is 55.0. The van der Waals surface area contributed by atoms with Gasteiger partial charge in [-0.3, -0.25) is 47.9 Å². The highest BCUT2D eigenvalue weighted by Gasteiger charge is 2.49. The summed E-state index contributed by atoms with van der Waals surface area (Å²) in [7, 11) is 32.5. The summed E-state index contributed by atoms with van der Waals surface area (Å²) in [6.07, 6.45) is 7.17. The van der Waals surface area contributed by atoms with E-state index in [2.05, 4.69) is 93.5 Å². The number of ether oxygens (including phenoxy) is 5. The number of amides is 3. The van der Waals surface area contributed by atoms with E-state index in [4.69, 9.17) is 30.8 Å². The van der Waals surface area contributed by atoms with E-state index >= 15 is 0 Å². The lowest BCUT2D eigenvalue weighted by Crippen LogP contribution is -3.00. The fourth-order valence-corrected chi connectivity index (χ4v) is 13.1. The monoisotopic (exact) mass is 1860 g/mol. The highest BCUT2D eigenvalue weighted by molar-refractivity contribution is 5.97. The Morgan fingerprint density at radius 3 is 1.15 bits per heavy atom. The van der Waals surface area contributed by atoms with Crippen molar-refractivity contribution in [1.29, 1.82) is 0 Å². The Labute approximate surface area is 765 Å². The molecule has 17 N–H and O–H groups in total. The van der Waals surface area contributed by atoms with Crippen LogP contribution in [0, 0.1) is 81.8 Å². The number of nitrogens with two attached hydrogens (primary N) is 3. The number of carboxylic acid groups (broad SMARTS) is 3. The Morgan fingerprint density at radius 2 is 0.911 bits per heavy atom. The molecule has 4 fully saturated rings. The van der Waals surface area contributed by atoms with E-state index in [1.807, 2.05) is 126 Å². The number of aliphatic hydroxyl groups excluding tert-OH is 3. The summed E-state index contributed by atoms with van der Waals surface area (Å²) in [5.41, 5.74) is 9.90. The fraction of sp³-hybridized carbons (Fsp3) is 0.882. The van der Waals surface area contributed by atoms with E-state index in [0.29, 0.717) is 51.1 Å². The first-order valence-electron chi connectivity index (χ1n) is 42.9. The summed E-state index contributed by atoms with van der Waals surface area (Å²) in [6.45, 7) is 38.5. The second kappa shape index (κ2) is 73.4. The maximum atomic E-state index is 12.4. The number of cyclic esters (lactones) is 4. The molecular formula is C85H177Cl4N13O21. The smallest absolute Gasteiger partial charge is 0.320 e. The first kappa shape index (κ1) is 137. The molecule has 123 heavy (non-hydrogen) atoms. The second-order valence-electron chi connectivity index (χ2n) is 36.5. The number of hydrogen-bond donors (Lipinski definition) is 14. The van der Waals surface area contributed by atoms with Crippen molar-refractivity contribution in [2.75, 3.05) is 231 Å². The molecule has 0 aliphatic carbocycles. The topological polar surface area (TPSA) is 480 Å². The van der Waals surface area contributed by atoms with E-state index in [-0.39, 0.29) is 145 Å². The number of methoxy groups -OCH3 is 1. The van der Waals surface area contributed by atoms with Crippen LogP contribution in [0.4, 0.5) is 0 Å². The number of carbonyl (C=O) groups excluding carboxylic acids is 7. The highest BCUT2D eigenvalue weighted by Crippen LogP contribution is 2.41. The van der Waals surface area contributed by atoms with Crippen LogP contribution in [0.2, 0.25) is 0 Å². The van der Waals surface area contributed by atoms with E-state index < -0.39 is 71.3 Å². The number of halogens is 4. The molecule has 4 rings (SSSR count). The molecule has 4 saturated heterocycles. The summed E-state index contributed by atoms with van der Waals surface area (Å²) in [5, 5.41) is 72.7. The van der Waals surface area contributed by atoms with Crippen molar-refractivity contribution < 1.29 is 171 Å². The van der Waals surface area contributed by atoms with Gasteiger partial charge in [0, 0.05) is 79.0 Å². The quantitative estimate of drug-likeness (QED) is 0.00884. The van der Waals surface area contributed by atoms with E-state index in [1.54, 1.807) is 20.8 Å². The summed E-state index contributed by atoms with van der Waals surface area (Å²) in [6, 6.07) is 0. The summed E-state index contributed by atoms with van der Waals surface area (Å²) in [5.74, 6) is -11.6. The number of epoxide rings is 2. The number of hydrogen-bond acceptors (Lipinski definition) is 24. The molecule has 0 spiro atoms. The Morgan fingerprint density at radius 1 is 0.545 bits per heavy atom. The number of esters is 4. The number of likely N-dealkylation sites (N-methyl/N-ethyl adjacent to an activating group) is 5. The average molecular weight is 1860 g/mol. The van der Waals surface area contributed by atoms with Gasteiger partial charge in [0.1, 0.15) is 37.9 Å². The van der Waals surface area contributed by atoms with E-state index in [1.165, 1.54) is 21.0 Å². The van der Waals surface area contributed by atoms with Crippen LogP contribution in [-0.4, -0.2) is 369 Å². The lowest BCUT2D eigenvalue weighted by Gasteiger charge is -2.35. The zero-order chi connectivity index (χ0) is 93.5. The van der Waals surface area contributed by atoms with Gasteiger partial charge in [-0.1, -0.05) is 123 Å².